The summed E-state index contributed by atoms with van der Waals surface area (Å²) in [7, 11) is 0. The summed E-state index contributed by atoms with van der Waals surface area (Å²) in [6.07, 6.45) is 4.57. The number of ketones is 1. The van der Waals surface area contributed by atoms with Gasteiger partial charge in [-0.15, -0.1) is 0 Å². The van der Waals surface area contributed by atoms with Crippen LogP contribution in [0.3, 0.4) is 0 Å². The van der Waals surface area contributed by atoms with Crippen LogP contribution in [-0.2, 0) is 4.79 Å². The van der Waals surface area contributed by atoms with Gasteiger partial charge in [0.2, 0.25) is 5.78 Å². The van der Waals surface area contributed by atoms with Crippen molar-refractivity contribution < 1.29 is 23.8 Å². The second-order valence-corrected chi connectivity index (χ2v) is 10.2. The Hall–Kier alpha value is -3.91. The van der Waals surface area contributed by atoms with Crippen molar-refractivity contribution in [2.75, 3.05) is 11.5 Å². The van der Waals surface area contributed by atoms with Crippen LogP contribution in [-0.4, -0.2) is 28.4 Å². The van der Waals surface area contributed by atoms with Gasteiger partial charge in [0.25, 0.3) is 5.91 Å². The number of unbranched alkanes of at least 4 members (excludes halogenated alkanes) is 2. The van der Waals surface area contributed by atoms with Gasteiger partial charge in [0, 0.05) is 0 Å². The Bertz CT molecular complexity index is 1480. The molecule has 0 saturated heterocycles. The number of Topliss-reactive ketones (excluding diaryl/α,β-unsaturated/α-hetero) is 1. The zero-order valence-corrected chi connectivity index (χ0v) is 21.8. The van der Waals surface area contributed by atoms with Gasteiger partial charge in [-0.2, -0.15) is 0 Å². The van der Waals surface area contributed by atoms with Crippen molar-refractivity contribution >= 4 is 38.4 Å². The molecule has 1 atom stereocenters. The molecule has 1 unspecified atom stereocenters. The van der Waals surface area contributed by atoms with Crippen LogP contribution < -0.4 is 9.64 Å². The van der Waals surface area contributed by atoms with Crippen molar-refractivity contribution in [2.45, 2.75) is 46.1 Å². The molecule has 1 aliphatic rings. The Morgan fingerprint density at radius 1 is 1.16 bits per heavy atom. The van der Waals surface area contributed by atoms with E-state index in [4.69, 9.17) is 14.1 Å². The highest BCUT2D eigenvalue weighted by Gasteiger charge is 2.46. The van der Waals surface area contributed by atoms with Gasteiger partial charge in [-0.05, 0) is 67.3 Å². The molecule has 8 heteroatoms. The number of nitrogens with zero attached hydrogens (tertiary/aromatic N) is 2. The largest absolute Gasteiger partial charge is 0.503 e. The fraction of sp³-hybridized carbons (Fsp3) is 0.276. The highest BCUT2D eigenvalue weighted by atomic mass is 32.1. The Morgan fingerprint density at radius 3 is 2.65 bits per heavy atom. The first-order chi connectivity index (χ1) is 17.9. The summed E-state index contributed by atoms with van der Waals surface area (Å²) in [5.74, 6) is -1.06. The third-order valence-corrected chi connectivity index (χ3v) is 7.44. The molecule has 1 amide bonds. The van der Waals surface area contributed by atoms with Crippen LogP contribution in [0, 0.1) is 13.8 Å². The lowest BCUT2D eigenvalue weighted by Crippen LogP contribution is -2.30. The SMILES string of the molecule is CCCCCOc1ccc(C2C(C(=O)c3ccco3)=C(O)C(=O)N2c2nc3c(C)cc(C)cc3s2)cc1. The minimum Gasteiger partial charge on any atom is -0.503 e. The summed E-state index contributed by atoms with van der Waals surface area (Å²) in [6, 6.07) is 13.6. The zero-order chi connectivity index (χ0) is 26.1. The molecule has 0 radical (unpaired) electrons. The van der Waals surface area contributed by atoms with E-state index in [1.807, 2.05) is 50.2 Å². The molecule has 5 rings (SSSR count). The number of amides is 1. The molecule has 1 aliphatic heterocycles. The number of benzene rings is 2. The standard InChI is InChI=1S/C29H28N2O5S/c1-4-5-6-13-35-20-11-9-19(10-12-20)25-23(26(32)21-8-7-14-36-21)27(33)28(34)31(25)29-30-24-18(3)15-17(2)16-22(24)37-29/h7-12,14-16,25,33H,4-6,13H2,1-3H3. The smallest absolute Gasteiger partial charge is 0.296 e. The molecule has 2 aromatic carbocycles. The molecular formula is C29H28N2O5S. The Balaban J connectivity index is 1.57. The quantitative estimate of drug-likeness (QED) is 0.193. The van der Waals surface area contributed by atoms with E-state index in [1.54, 1.807) is 6.07 Å². The Morgan fingerprint density at radius 2 is 1.95 bits per heavy atom. The van der Waals surface area contributed by atoms with Gasteiger partial charge in [0.1, 0.15) is 5.75 Å². The summed E-state index contributed by atoms with van der Waals surface area (Å²) in [6.45, 7) is 6.74. The molecule has 37 heavy (non-hydrogen) atoms. The summed E-state index contributed by atoms with van der Waals surface area (Å²) in [5, 5.41) is 11.4. The number of aliphatic hydroxyl groups excluding tert-OH is 1. The van der Waals surface area contributed by atoms with Crippen LogP contribution >= 0.6 is 11.3 Å². The van der Waals surface area contributed by atoms with Crippen molar-refractivity contribution in [1.29, 1.82) is 0 Å². The lowest BCUT2D eigenvalue weighted by molar-refractivity contribution is -0.117. The van der Waals surface area contributed by atoms with E-state index in [0.717, 1.165) is 40.6 Å². The third-order valence-electron chi connectivity index (χ3n) is 6.43. The van der Waals surface area contributed by atoms with Crippen LogP contribution in [0.4, 0.5) is 5.13 Å². The first kappa shape index (κ1) is 24.8. The molecule has 0 aliphatic carbocycles. The normalized spacial score (nSPS) is 15.7. The fourth-order valence-electron chi connectivity index (χ4n) is 4.64. The number of thiazole rings is 1. The van der Waals surface area contributed by atoms with E-state index in [-0.39, 0.29) is 11.3 Å². The van der Waals surface area contributed by atoms with Gasteiger partial charge in [0.15, 0.2) is 16.7 Å². The zero-order valence-electron chi connectivity index (χ0n) is 21.0. The van der Waals surface area contributed by atoms with Gasteiger partial charge < -0.3 is 14.3 Å². The number of hydrogen-bond acceptors (Lipinski definition) is 7. The third kappa shape index (κ3) is 4.64. The number of aliphatic hydroxyl groups is 1. The van der Waals surface area contributed by atoms with Crippen LogP contribution in [0.1, 0.15) is 59.5 Å². The molecule has 190 valence electrons. The summed E-state index contributed by atoms with van der Waals surface area (Å²) in [4.78, 5) is 33.0. The molecule has 7 nitrogen and oxygen atoms in total. The van der Waals surface area contributed by atoms with Crippen LogP contribution in [0.2, 0.25) is 0 Å². The molecule has 3 heterocycles. The number of rotatable bonds is 9. The van der Waals surface area contributed by atoms with E-state index >= 15 is 0 Å². The van der Waals surface area contributed by atoms with Gasteiger partial charge in [0.05, 0.1) is 34.7 Å². The van der Waals surface area contributed by atoms with Gasteiger partial charge in [-0.25, -0.2) is 4.98 Å². The highest BCUT2D eigenvalue weighted by molar-refractivity contribution is 7.22. The van der Waals surface area contributed by atoms with E-state index < -0.39 is 23.5 Å². The van der Waals surface area contributed by atoms with Crippen molar-refractivity contribution in [2.24, 2.45) is 0 Å². The van der Waals surface area contributed by atoms with Gasteiger partial charge >= 0.3 is 0 Å². The van der Waals surface area contributed by atoms with E-state index in [1.165, 1.54) is 28.6 Å². The average molecular weight is 517 g/mol. The maximum absolute atomic E-state index is 13.4. The number of ether oxygens (including phenoxy) is 1. The van der Waals surface area contributed by atoms with Crippen LogP contribution in [0.5, 0.6) is 5.75 Å². The molecular weight excluding hydrogens is 488 g/mol. The molecule has 2 aromatic heterocycles. The Labute approximate surface area is 219 Å². The van der Waals surface area contributed by atoms with Crippen molar-refractivity contribution in [3.63, 3.8) is 0 Å². The molecule has 1 N–H and O–H groups in total. The first-order valence-corrected chi connectivity index (χ1v) is 13.2. The summed E-state index contributed by atoms with van der Waals surface area (Å²) in [5.41, 5.74) is 3.49. The highest BCUT2D eigenvalue weighted by Crippen LogP contribution is 2.44. The molecule has 0 fully saturated rings. The van der Waals surface area contributed by atoms with Crippen LogP contribution in [0.25, 0.3) is 10.2 Å². The molecule has 4 aromatic rings. The summed E-state index contributed by atoms with van der Waals surface area (Å²) >= 11 is 1.35. The first-order valence-electron chi connectivity index (χ1n) is 12.3. The number of hydrogen-bond donors (Lipinski definition) is 1. The number of carbonyl (C=O) groups is 2. The second-order valence-electron chi connectivity index (χ2n) is 9.20. The number of aromatic nitrogens is 1. The topological polar surface area (TPSA) is 92.9 Å². The van der Waals surface area contributed by atoms with Crippen molar-refractivity contribution in [3.05, 3.63) is 88.6 Å². The number of furan rings is 1. The monoisotopic (exact) mass is 516 g/mol. The van der Waals surface area contributed by atoms with E-state index in [9.17, 15) is 14.7 Å². The number of anilines is 1. The minimum atomic E-state index is -0.874. The predicted molar refractivity (Wildman–Crippen MR) is 143 cm³/mol. The number of carbonyl (C=O) groups excluding carboxylic acids is 2. The molecule has 0 saturated carbocycles. The fourth-order valence-corrected chi connectivity index (χ4v) is 5.81. The molecule has 0 spiro atoms. The van der Waals surface area contributed by atoms with Gasteiger partial charge in [-0.3, -0.25) is 14.5 Å². The number of aryl methyl sites for hydroxylation is 2. The lowest BCUT2D eigenvalue weighted by Gasteiger charge is -2.24. The van der Waals surface area contributed by atoms with Crippen LogP contribution in [0.15, 0.2) is 70.5 Å². The van der Waals surface area contributed by atoms with Gasteiger partial charge in [-0.1, -0.05) is 49.3 Å². The maximum Gasteiger partial charge on any atom is 0.296 e. The van der Waals surface area contributed by atoms with Crippen molar-refractivity contribution in [3.8, 4) is 5.75 Å². The lowest BCUT2D eigenvalue weighted by atomic mass is 9.95. The Kier molecular flexibility index (Phi) is 6.84. The van der Waals surface area contributed by atoms with E-state index in [0.29, 0.717) is 23.1 Å². The number of fused-ring (bicyclic) bond motifs is 1. The minimum absolute atomic E-state index is 0.0382. The predicted octanol–water partition coefficient (Wildman–Crippen LogP) is 6.86. The molecule has 0 bridgehead atoms. The van der Waals surface area contributed by atoms with E-state index in [2.05, 4.69) is 6.92 Å². The average Bonchev–Trinajstić information content (AvgIpc) is 3.61. The second kappa shape index (κ2) is 10.2. The maximum atomic E-state index is 13.4. The van der Waals surface area contributed by atoms with Crippen molar-refractivity contribution in [1.82, 2.24) is 4.98 Å². The summed E-state index contributed by atoms with van der Waals surface area (Å²) < 4.78 is 12.1.